The molecule has 0 amide bonds. The monoisotopic (exact) mass is 318 g/mol. The predicted molar refractivity (Wildman–Crippen MR) is 91.9 cm³/mol. The van der Waals surface area contributed by atoms with E-state index < -0.39 is 5.97 Å². The van der Waals surface area contributed by atoms with E-state index in [1.54, 1.807) is 0 Å². The van der Waals surface area contributed by atoms with E-state index >= 15 is 0 Å². The number of carbonyl (C=O) groups is 1. The molecule has 0 aromatic heterocycles. The molecule has 0 aliphatic rings. The van der Waals surface area contributed by atoms with Crippen LogP contribution in [0.3, 0.4) is 0 Å². The van der Waals surface area contributed by atoms with E-state index in [-0.39, 0.29) is 11.2 Å². The first-order valence-corrected chi connectivity index (χ1v) is 8.68. The maximum absolute atomic E-state index is 10.0. The summed E-state index contributed by atoms with van der Waals surface area (Å²) in [5.41, 5.74) is -0.348. The van der Waals surface area contributed by atoms with Crippen LogP contribution in [0.4, 0.5) is 0 Å². The van der Waals surface area contributed by atoms with E-state index in [0.717, 1.165) is 25.7 Å². The third-order valence-electron chi connectivity index (χ3n) is 3.69. The minimum Gasteiger partial charge on any atom is -0.481 e. The summed E-state index contributed by atoms with van der Waals surface area (Å²) in [5, 5.41) is 8.27. The maximum atomic E-state index is 10.0. The molecule has 0 aliphatic carbocycles. The van der Waals surface area contributed by atoms with Gasteiger partial charge in [-0.3, -0.25) is 4.79 Å². The number of carboxylic acid groups (broad SMARTS) is 1. The van der Waals surface area contributed by atoms with Gasteiger partial charge >= 0.3 is 5.97 Å². The summed E-state index contributed by atoms with van der Waals surface area (Å²) >= 11 is 0. The van der Waals surface area contributed by atoms with E-state index in [0.29, 0.717) is 6.42 Å². The Morgan fingerprint density at radius 1 is 0.818 bits per heavy atom. The van der Waals surface area contributed by atoms with Crippen LogP contribution in [0.1, 0.15) is 99.8 Å². The molecule has 0 fully saturated rings. The molecule has 0 aromatic rings. The highest BCUT2D eigenvalue weighted by Crippen LogP contribution is 2.21. The molecule has 0 radical (unpaired) electrons. The zero-order valence-corrected chi connectivity index (χ0v) is 15.8. The molecular formula is C18H38O4. The van der Waals surface area contributed by atoms with Crippen molar-refractivity contribution in [3.05, 3.63) is 0 Å². The molecule has 0 aliphatic heterocycles. The van der Waals surface area contributed by atoms with Crippen LogP contribution in [-0.4, -0.2) is 22.3 Å². The van der Waals surface area contributed by atoms with Gasteiger partial charge < -0.3 is 5.11 Å². The normalized spacial score (nSPS) is 11.8. The standard InChI is InChI=1S/C10H22O2.C8H16O2/c1-7-9(3,4)11-12-10(5,6)8-2;1-2-3-4-5-6-7-8(9)10/h7-8H2,1-6H3;2-7H2,1H3,(H,9,10). The smallest absolute Gasteiger partial charge is 0.303 e. The number of hydrogen-bond donors (Lipinski definition) is 1. The van der Waals surface area contributed by atoms with Crippen molar-refractivity contribution in [2.45, 2.75) is 111 Å². The average Bonchev–Trinajstić information content (AvgIpc) is 2.46. The van der Waals surface area contributed by atoms with Gasteiger partial charge in [-0.2, -0.15) is 0 Å². The Bertz CT molecular complexity index is 256. The van der Waals surface area contributed by atoms with Crippen molar-refractivity contribution < 1.29 is 19.7 Å². The van der Waals surface area contributed by atoms with Gasteiger partial charge in [0.05, 0.1) is 11.2 Å². The molecular weight excluding hydrogens is 280 g/mol. The lowest BCUT2D eigenvalue weighted by atomic mass is 10.1. The maximum Gasteiger partial charge on any atom is 0.303 e. The van der Waals surface area contributed by atoms with Crippen LogP contribution < -0.4 is 0 Å². The minimum atomic E-state index is -0.670. The van der Waals surface area contributed by atoms with Crippen molar-refractivity contribution in [1.29, 1.82) is 0 Å². The van der Waals surface area contributed by atoms with Crippen LogP contribution in [-0.2, 0) is 14.6 Å². The number of aliphatic carboxylic acids is 1. The van der Waals surface area contributed by atoms with Crippen molar-refractivity contribution in [1.82, 2.24) is 0 Å². The lowest BCUT2D eigenvalue weighted by Gasteiger charge is -2.29. The summed E-state index contributed by atoms with van der Waals surface area (Å²) in [5.74, 6) is -0.670. The first-order valence-electron chi connectivity index (χ1n) is 8.68. The summed E-state index contributed by atoms with van der Waals surface area (Å²) < 4.78 is 0. The number of carboxylic acids is 1. The zero-order valence-electron chi connectivity index (χ0n) is 15.8. The van der Waals surface area contributed by atoms with Gasteiger partial charge in [-0.05, 0) is 47.0 Å². The molecule has 0 unspecified atom stereocenters. The molecule has 0 bridgehead atoms. The second-order valence-corrected chi connectivity index (χ2v) is 6.95. The van der Waals surface area contributed by atoms with Crippen LogP contribution in [0.15, 0.2) is 0 Å². The first kappa shape index (κ1) is 23.7. The Morgan fingerprint density at radius 2 is 1.23 bits per heavy atom. The summed E-state index contributed by atoms with van der Waals surface area (Å²) in [7, 11) is 0. The fourth-order valence-corrected chi connectivity index (χ4v) is 1.22. The van der Waals surface area contributed by atoms with Crippen LogP contribution in [0.25, 0.3) is 0 Å². The van der Waals surface area contributed by atoms with Gasteiger partial charge in [0.15, 0.2) is 0 Å². The molecule has 4 heteroatoms. The summed E-state index contributed by atoms with van der Waals surface area (Å²) in [6.07, 6.45) is 7.79. The topological polar surface area (TPSA) is 55.8 Å². The minimum absolute atomic E-state index is 0.174. The average molecular weight is 318 g/mol. The van der Waals surface area contributed by atoms with Crippen LogP contribution >= 0.6 is 0 Å². The van der Waals surface area contributed by atoms with E-state index in [9.17, 15) is 4.79 Å². The van der Waals surface area contributed by atoms with Gasteiger partial charge in [-0.15, -0.1) is 0 Å². The van der Waals surface area contributed by atoms with Crippen LogP contribution in [0, 0.1) is 0 Å². The third kappa shape index (κ3) is 17.4. The van der Waals surface area contributed by atoms with Gasteiger partial charge in [-0.25, -0.2) is 9.78 Å². The third-order valence-corrected chi connectivity index (χ3v) is 3.69. The Balaban J connectivity index is 0. The van der Waals surface area contributed by atoms with E-state index in [4.69, 9.17) is 14.9 Å². The van der Waals surface area contributed by atoms with Crippen molar-refractivity contribution in [2.75, 3.05) is 0 Å². The Hall–Kier alpha value is -0.610. The second kappa shape index (κ2) is 12.9. The Labute approximate surface area is 137 Å². The lowest BCUT2D eigenvalue weighted by Crippen LogP contribution is -2.31. The largest absolute Gasteiger partial charge is 0.481 e. The second-order valence-electron chi connectivity index (χ2n) is 6.95. The first-order chi connectivity index (χ1) is 10.1. The Kier molecular flexibility index (Phi) is 13.9. The van der Waals surface area contributed by atoms with Crippen molar-refractivity contribution in [3.63, 3.8) is 0 Å². The zero-order chi connectivity index (χ0) is 17.6. The SMILES string of the molecule is CCC(C)(C)OOC(C)(C)CC.CCCCCCCC(=O)O. The van der Waals surface area contributed by atoms with Crippen LogP contribution in [0.2, 0.25) is 0 Å². The molecule has 134 valence electrons. The lowest BCUT2D eigenvalue weighted by molar-refractivity contribution is -0.401. The van der Waals surface area contributed by atoms with Gasteiger partial charge in [0, 0.05) is 6.42 Å². The molecule has 4 nitrogen and oxygen atoms in total. The van der Waals surface area contributed by atoms with Gasteiger partial charge in [0.25, 0.3) is 0 Å². The van der Waals surface area contributed by atoms with Crippen molar-refractivity contribution in [3.8, 4) is 0 Å². The number of hydrogen-bond acceptors (Lipinski definition) is 3. The number of rotatable bonds is 11. The fraction of sp³-hybridized carbons (Fsp3) is 0.944. The van der Waals surface area contributed by atoms with Gasteiger partial charge in [0.2, 0.25) is 0 Å². The highest BCUT2D eigenvalue weighted by Gasteiger charge is 2.23. The molecule has 0 aromatic carbocycles. The van der Waals surface area contributed by atoms with Crippen molar-refractivity contribution >= 4 is 5.97 Å². The molecule has 0 rings (SSSR count). The van der Waals surface area contributed by atoms with Crippen LogP contribution in [0.5, 0.6) is 0 Å². The predicted octanol–water partition coefficient (Wildman–Crippen LogP) is 5.74. The van der Waals surface area contributed by atoms with E-state index in [2.05, 4.69) is 20.8 Å². The molecule has 0 saturated heterocycles. The highest BCUT2D eigenvalue weighted by molar-refractivity contribution is 5.66. The summed E-state index contributed by atoms with van der Waals surface area (Å²) in [4.78, 5) is 20.7. The number of unbranched alkanes of at least 4 members (excludes halogenated alkanes) is 4. The molecule has 22 heavy (non-hydrogen) atoms. The summed E-state index contributed by atoms with van der Waals surface area (Å²) in [6, 6.07) is 0. The van der Waals surface area contributed by atoms with Crippen molar-refractivity contribution in [2.24, 2.45) is 0 Å². The Morgan fingerprint density at radius 3 is 1.55 bits per heavy atom. The van der Waals surface area contributed by atoms with Gasteiger partial charge in [0.1, 0.15) is 0 Å². The van der Waals surface area contributed by atoms with E-state index in [1.807, 2.05) is 27.7 Å². The highest BCUT2D eigenvalue weighted by atomic mass is 17.2. The molecule has 0 saturated carbocycles. The molecule has 0 atom stereocenters. The fourth-order valence-electron chi connectivity index (χ4n) is 1.22. The van der Waals surface area contributed by atoms with Gasteiger partial charge in [-0.1, -0.05) is 46.5 Å². The summed E-state index contributed by atoms with van der Waals surface area (Å²) in [6.45, 7) is 14.4. The van der Waals surface area contributed by atoms with E-state index in [1.165, 1.54) is 19.3 Å². The molecule has 0 spiro atoms. The molecule has 1 N–H and O–H groups in total. The quantitative estimate of drug-likeness (QED) is 0.300. The molecule has 0 heterocycles.